The van der Waals surface area contributed by atoms with E-state index < -0.39 is 0 Å². The second-order valence-corrected chi connectivity index (χ2v) is 7.59. The van der Waals surface area contributed by atoms with Crippen molar-refractivity contribution < 1.29 is 9.53 Å². The number of nitrogens with one attached hydrogen (secondary N) is 1. The number of aryl methyl sites for hydroxylation is 2. The molecular weight excluding hydrogens is 360 g/mol. The average molecular weight is 386 g/mol. The van der Waals surface area contributed by atoms with Crippen LogP contribution in [0.3, 0.4) is 0 Å². The Kier molecular flexibility index (Phi) is 5.26. The molecule has 0 spiro atoms. The third kappa shape index (κ3) is 3.83. The molecule has 1 aliphatic rings. The van der Waals surface area contributed by atoms with E-state index in [1.807, 2.05) is 36.1 Å². The second-order valence-electron chi connectivity index (χ2n) is 7.59. The lowest BCUT2D eigenvalue weighted by Crippen LogP contribution is -2.43. The van der Waals surface area contributed by atoms with Gasteiger partial charge in [0.05, 0.1) is 18.8 Å². The Labute approximate surface area is 172 Å². The standard InChI is InChI=1S/C25H26N2O2/c1-17-8-11-20(12-9-17)24-21-7-5-4-6-19(21)14-15-27(24)25(28)26-22-16-18(2)10-13-23(22)29-3/h4-13,16,24H,14-15H2,1-3H3,(H,26,28)/t24-/m0/s1. The highest BCUT2D eigenvalue weighted by Gasteiger charge is 2.32. The molecule has 2 amide bonds. The number of carbonyl (C=O) groups excluding carboxylic acids is 1. The molecule has 0 aromatic heterocycles. The predicted octanol–water partition coefficient (Wildman–Crippen LogP) is 5.49. The summed E-state index contributed by atoms with van der Waals surface area (Å²) in [7, 11) is 1.62. The van der Waals surface area contributed by atoms with Crippen LogP contribution in [-0.4, -0.2) is 24.6 Å². The van der Waals surface area contributed by atoms with Crippen molar-refractivity contribution in [3.8, 4) is 5.75 Å². The van der Waals surface area contributed by atoms with Crippen LogP contribution >= 0.6 is 0 Å². The van der Waals surface area contributed by atoms with Crippen LogP contribution in [0.4, 0.5) is 10.5 Å². The molecule has 3 aromatic rings. The first-order valence-electron chi connectivity index (χ1n) is 9.93. The summed E-state index contributed by atoms with van der Waals surface area (Å²) in [4.78, 5) is 15.3. The molecule has 0 fully saturated rings. The summed E-state index contributed by atoms with van der Waals surface area (Å²) in [5.41, 5.74) is 6.58. The second kappa shape index (κ2) is 8.00. The summed E-state index contributed by atoms with van der Waals surface area (Å²) in [5, 5.41) is 3.08. The van der Waals surface area contributed by atoms with Crippen LogP contribution in [0.2, 0.25) is 0 Å². The topological polar surface area (TPSA) is 41.6 Å². The molecule has 0 saturated heterocycles. The molecule has 3 aromatic carbocycles. The minimum absolute atomic E-state index is 0.114. The maximum Gasteiger partial charge on any atom is 0.322 e. The smallest absolute Gasteiger partial charge is 0.322 e. The van der Waals surface area contributed by atoms with Crippen molar-refractivity contribution in [1.82, 2.24) is 4.90 Å². The van der Waals surface area contributed by atoms with E-state index in [4.69, 9.17) is 4.74 Å². The van der Waals surface area contributed by atoms with E-state index in [-0.39, 0.29) is 12.1 Å². The van der Waals surface area contributed by atoms with Gasteiger partial charge < -0.3 is 15.0 Å². The highest BCUT2D eigenvalue weighted by molar-refractivity contribution is 5.92. The van der Waals surface area contributed by atoms with E-state index in [2.05, 4.69) is 54.7 Å². The van der Waals surface area contributed by atoms with Gasteiger partial charge in [0, 0.05) is 6.54 Å². The SMILES string of the molecule is COc1ccc(C)cc1NC(=O)N1CCc2ccccc2[C@@H]1c1ccc(C)cc1. The Morgan fingerprint density at radius 1 is 1.00 bits per heavy atom. The maximum absolute atomic E-state index is 13.4. The van der Waals surface area contributed by atoms with Gasteiger partial charge in [-0.15, -0.1) is 0 Å². The number of carbonyl (C=O) groups is 1. The largest absolute Gasteiger partial charge is 0.495 e. The number of ether oxygens (including phenoxy) is 1. The van der Waals surface area contributed by atoms with Gasteiger partial charge in [-0.3, -0.25) is 0 Å². The summed E-state index contributed by atoms with van der Waals surface area (Å²) in [6, 6.07) is 22.4. The summed E-state index contributed by atoms with van der Waals surface area (Å²) >= 11 is 0. The molecule has 1 atom stereocenters. The molecule has 0 saturated carbocycles. The number of anilines is 1. The number of benzene rings is 3. The van der Waals surface area contributed by atoms with Crippen molar-refractivity contribution in [2.24, 2.45) is 0 Å². The first kappa shape index (κ1) is 19.1. The number of amides is 2. The first-order chi connectivity index (χ1) is 14.1. The Morgan fingerprint density at radius 2 is 1.72 bits per heavy atom. The molecule has 0 aliphatic carbocycles. The quantitative estimate of drug-likeness (QED) is 0.646. The van der Waals surface area contributed by atoms with Crippen LogP contribution in [0.25, 0.3) is 0 Å². The van der Waals surface area contributed by atoms with Gasteiger partial charge in [0.25, 0.3) is 0 Å². The number of hydrogen-bond acceptors (Lipinski definition) is 2. The Balaban J connectivity index is 1.71. The van der Waals surface area contributed by atoms with Crippen LogP contribution in [0.15, 0.2) is 66.7 Å². The lowest BCUT2D eigenvalue weighted by molar-refractivity contribution is 0.194. The molecule has 148 valence electrons. The van der Waals surface area contributed by atoms with Crippen LogP contribution in [-0.2, 0) is 6.42 Å². The van der Waals surface area contributed by atoms with Crippen molar-refractivity contribution in [3.63, 3.8) is 0 Å². The van der Waals surface area contributed by atoms with Crippen LogP contribution in [0.5, 0.6) is 5.75 Å². The van der Waals surface area contributed by atoms with Crippen LogP contribution in [0.1, 0.15) is 33.9 Å². The third-order valence-corrected chi connectivity index (χ3v) is 5.53. The molecule has 4 heteroatoms. The fourth-order valence-electron chi connectivity index (χ4n) is 4.00. The number of urea groups is 1. The van der Waals surface area contributed by atoms with E-state index in [1.54, 1.807) is 7.11 Å². The zero-order valence-electron chi connectivity index (χ0n) is 17.1. The summed E-state index contributed by atoms with van der Waals surface area (Å²) in [5.74, 6) is 0.660. The Morgan fingerprint density at radius 3 is 2.48 bits per heavy atom. The van der Waals surface area contributed by atoms with Crippen molar-refractivity contribution >= 4 is 11.7 Å². The molecule has 0 radical (unpaired) electrons. The molecule has 0 unspecified atom stereocenters. The first-order valence-corrected chi connectivity index (χ1v) is 9.93. The van der Waals surface area contributed by atoms with Gasteiger partial charge in [0.2, 0.25) is 0 Å². The summed E-state index contributed by atoms with van der Waals surface area (Å²) < 4.78 is 5.44. The van der Waals surface area contributed by atoms with E-state index in [0.29, 0.717) is 18.0 Å². The van der Waals surface area contributed by atoms with Gasteiger partial charge >= 0.3 is 6.03 Å². The highest BCUT2D eigenvalue weighted by Crippen LogP contribution is 2.36. The summed E-state index contributed by atoms with van der Waals surface area (Å²) in [6.07, 6.45) is 0.844. The lowest BCUT2D eigenvalue weighted by Gasteiger charge is -2.37. The predicted molar refractivity (Wildman–Crippen MR) is 117 cm³/mol. The lowest BCUT2D eigenvalue weighted by atomic mass is 9.88. The van der Waals surface area contributed by atoms with E-state index in [1.165, 1.54) is 16.7 Å². The maximum atomic E-state index is 13.4. The van der Waals surface area contributed by atoms with Crippen LogP contribution in [0, 0.1) is 13.8 Å². The van der Waals surface area contributed by atoms with Crippen LogP contribution < -0.4 is 10.1 Å². The average Bonchev–Trinajstić information content (AvgIpc) is 2.74. The van der Waals surface area contributed by atoms with Gasteiger partial charge in [-0.25, -0.2) is 4.79 Å². The highest BCUT2D eigenvalue weighted by atomic mass is 16.5. The molecule has 1 N–H and O–H groups in total. The van der Waals surface area contributed by atoms with Crippen molar-refractivity contribution in [3.05, 3.63) is 94.5 Å². The number of rotatable bonds is 3. The molecular formula is C25H26N2O2. The van der Waals surface area contributed by atoms with Gasteiger partial charge in [0.1, 0.15) is 5.75 Å². The van der Waals surface area contributed by atoms with Crippen molar-refractivity contribution in [2.45, 2.75) is 26.3 Å². The molecule has 29 heavy (non-hydrogen) atoms. The van der Waals surface area contributed by atoms with Gasteiger partial charge in [-0.2, -0.15) is 0 Å². The van der Waals surface area contributed by atoms with E-state index >= 15 is 0 Å². The Hall–Kier alpha value is -3.27. The third-order valence-electron chi connectivity index (χ3n) is 5.53. The number of nitrogens with zero attached hydrogens (tertiary/aromatic N) is 1. The zero-order chi connectivity index (χ0) is 20.4. The fraction of sp³-hybridized carbons (Fsp3) is 0.240. The molecule has 4 rings (SSSR count). The van der Waals surface area contributed by atoms with E-state index in [9.17, 15) is 4.79 Å². The van der Waals surface area contributed by atoms with Gasteiger partial charge in [0.15, 0.2) is 0 Å². The van der Waals surface area contributed by atoms with Gasteiger partial charge in [-0.05, 0) is 54.7 Å². The summed E-state index contributed by atoms with van der Waals surface area (Å²) in [6.45, 7) is 4.74. The van der Waals surface area contributed by atoms with Crippen molar-refractivity contribution in [2.75, 3.05) is 19.0 Å². The molecule has 4 nitrogen and oxygen atoms in total. The number of fused-ring (bicyclic) bond motifs is 1. The van der Waals surface area contributed by atoms with Crippen molar-refractivity contribution in [1.29, 1.82) is 0 Å². The normalized spacial score (nSPS) is 15.6. The molecule has 1 aliphatic heterocycles. The molecule has 0 bridgehead atoms. The minimum Gasteiger partial charge on any atom is -0.495 e. The van der Waals surface area contributed by atoms with E-state index in [0.717, 1.165) is 17.5 Å². The Bertz CT molecular complexity index is 1030. The minimum atomic E-state index is -0.117. The zero-order valence-corrected chi connectivity index (χ0v) is 17.1. The fourth-order valence-corrected chi connectivity index (χ4v) is 4.00. The molecule has 1 heterocycles. The van der Waals surface area contributed by atoms with Gasteiger partial charge in [-0.1, -0.05) is 60.2 Å². The number of methoxy groups -OCH3 is 1. The monoisotopic (exact) mass is 386 g/mol. The number of hydrogen-bond donors (Lipinski definition) is 1.